The molecule has 26 heavy (non-hydrogen) atoms. The van der Waals surface area contributed by atoms with Crippen molar-refractivity contribution >= 4 is 11.9 Å². The van der Waals surface area contributed by atoms with Gasteiger partial charge in [-0.25, -0.2) is 0 Å². The Labute approximate surface area is 155 Å². The predicted octanol–water partition coefficient (Wildman–Crippen LogP) is 3.82. The Kier molecular flexibility index (Phi) is 4.76. The standard InChI is InChI=1S/C22H29NO3/c1-14(17-6-4-3-5-7-17)23(2)20(24)13-26-22(25)21-18-9-15-8-16(11-18)12-19(21)10-15/h3-7,14-16,18-19,21H,8-13H2,1-2H3/t14-,15?,16?,18?,19?,21?/m0/s1. The predicted molar refractivity (Wildman–Crippen MR) is 99.1 cm³/mol. The first kappa shape index (κ1) is 17.6. The summed E-state index contributed by atoms with van der Waals surface area (Å²) in [4.78, 5) is 26.9. The fourth-order valence-corrected chi connectivity index (χ4v) is 5.81. The van der Waals surface area contributed by atoms with Gasteiger partial charge in [0.1, 0.15) is 0 Å². The number of amides is 1. The van der Waals surface area contributed by atoms with E-state index in [2.05, 4.69) is 0 Å². The maximum absolute atomic E-state index is 12.7. The normalized spacial score (nSPS) is 32.9. The molecule has 4 bridgehead atoms. The third kappa shape index (κ3) is 3.26. The molecule has 0 N–H and O–H groups in total. The van der Waals surface area contributed by atoms with Crippen LogP contribution in [0.5, 0.6) is 0 Å². The average Bonchev–Trinajstić information content (AvgIpc) is 2.64. The van der Waals surface area contributed by atoms with Crippen molar-refractivity contribution in [1.82, 2.24) is 4.90 Å². The molecular formula is C22H29NO3. The number of carbonyl (C=O) groups is 2. The van der Waals surface area contributed by atoms with Crippen molar-refractivity contribution in [2.24, 2.45) is 29.6 Å². The van der Waals surface area contributed by atoms with E-state index in [0.29, 0.717) is 11.8 Å². The second-order valence-electron chi connectivity index (χ2n) is 8.66. The lowest BCUT2D eigenvalue weighted by Crippen LogP contribution is -2.48. The third-order valence-electron chi connectivity index (χ3n) is 7.09. The Morgan fingerprint density at radius 2 is 1.62 bits per heavy atom. The molecule has 1 aromatic rings. The Bertz CT molecular complexity index is 643. The van der Waals surface area contributed by atoms with Crippen molar-refractivity contribution in [2.45, 2.75) is 45.1 Å². The van der Waals surface area contributed by atoms with Crippen molar-refractivity contribution in [1.29, 1.82) is 0 Å². The zero-order valence-electron chi connectivity index (χ0n) is 15.8. The summed E-state index contributed by atoms with van der Waals surface area (Å²) < 4.78 is 5.51. The number of ether oxygens (including phenoxy) is 1. The molecule has 4 nitrogen and oxygen atoms in total. The summed E-state index contributed by atoms with van der Waals surface area (Å²) in [6, 6.07) is 9.88. The number of nitrogens with zero attached hydrogens (tertiary/aromatic N) is 1. The van der Waals surface area contributed by atoms with E-state index >= 15 is 0 Å². The van der Waals surface area contributed by atoms with Crippen molar-refractivity contribution in [3.63, 3.8) is 0 Å². The molecule has 1 aromatic carbocycles. The van der Waals surface area contributed by atoms with Crippen LogP contribution < -0.4 is 0 Å². The second-order valence-corrected chi connectivity index (χ2v) is 8.66. The van der Waals surface area contributed by atoms with Gasteiger partial charge in [-0.05, 0) is 68.3 Å². The number of benzene rings is 1. The van der Waals surface area contributed by atoms with Crippen LogP contribution in [0.1, 0.15) is 50.6 Å². The van der Waals surface area contributed by atoms with E-state index in [1.165, 1.54) is 32.1 Å². The largest absolute Gasteiger partial charge is 0.455 e. The summed E-state index contributed by atoms with van der Waals surface area (Å²) in [5.41, 5.74) is 1.08. The van der Waals surface area contributed by atoms with E-state index in [-0.39, 0.29) is 30.4 Å². The summed E-state index contributed by atoms with van der Waals surface area (Å²) in [7, 11) is 1.77. The zero-order chi connectivity index (χ0) is 18.3. The lowest BCUT2D eigenvalue weighted by atomic mass is 9.52. The average molecular weight is 355 g/mol. The Morgan fingerprint density at radius 3 is 2.19 bits per heavy atom. The highest BCUT2D eigenvalue weighted by atomic mass is 16.5. The molecule has 140 valence electrons. The number of rotatable bonds is 5. The fraction of sp³-hybridized carbons (Fsp3) is 0.636. The van der Waals surface area contributed by atoms with Crippen LogP contribution in [0, 0.1) is 29.6 Å². The monoisotopic (exact) mass is 355 g/mol. The van der Waals surface area contributed by atoms with Gasteiger partial charge in [-0.15, -0.1) is 0 Å². The summed E-state index contributed by atoms with van der Waals surface area (Å²) >= 11 is 0. The highest BCUT2D eigenvalue weighted by molar-refractivity contribution is 5.81. The topological polar surface area (TPSA) is 46.6 Å². The van der Waals surface area contributed by atoms with Gasteiger partial charge in [0.05, 0.1) is 12.0 Å². The summed E-state index contributed by atoms with van der Waals surface area (Å²) in [6.07, 6.45) is 6.12. The lowest BCUT2D eigenvalue weighted by molar-refractivity contribution is -0.166. The second kappa shape index (κ2) is 7.05. The van der Waals surface area contributed by atoms with Gasteiger partial charge < -0.3 is 9.64 Å². The molecular weight excluding hydrogens is 326 g/mol. The lowest BCUT2D eigenvalue weighted by Gasteiger charge is -2.53. The highest BCUT2D eigenvalue weighted by Gasteiger charge is 2.51. The van der Waals surface area contributed by atoms with Crippen LogP contribution in [-0.2, 0) is 14.3 Å². The molecule has 0 unspecified atom stereocenters. The molecule has 4 fully saturated rings. The maximum atomic E-state index is 12.7. The minimum atomic E-state index is -0.144. The van der Waals surface area contributed by atoms with Gasteiger partial charge in [-0.3, -0.25) is 9.59 Å². The van der Waals surface area contributed by atoms with E-state index < -0.39 is 0 Å². The summed E-state index contributed by atoms with van der Waals surface area (Å²) in [6.45, 7) is 1.85. The molecule has 4 heteroatoms. The SMILES string of the molecule is C[C@@H](c1ccccc1)N(C)C(=O)COC(=O)C1C2CC3CC(C2)CC1C3. The van der Waals surface area contributed by atoms with Crippen LogP contribution in [0.15, 0.2) is 30.3 Å². The first-order valence-corrected chi connectivity index (χ1v) is 10.00. The van der Waals surface area contributed by atoms with E-state index in [4.69, 9.17) is 4.74 Å². The van der Waals surface area contributed by atoms with Crippen LogP contribution in [-0.4, -0.2) is 30.4 Å². The van der Waals surface area contributed by atoms with Crippen LogP contribution >= 0.6 is 0 Å². The van der Waals surface area contributed by atoms with Gasteiger partial charge in [-0.2, -0.15) is 0 Å². The van der Waals surface area contributed by atoms with E-state index in [0.717, 1.165) is 17.4 Å². The van der Waals surface area contributed by atoms with Crippen molar-refractivity contribution in [3.05, 3.63) is 35.9 Å². The van der Waals surface area contributed by atoms with Crippen molar-refractivity contribution in [3.8, 4) is 0 Å². The van der Waals surface area contributed by atoms with Gasteiger partial charge in [0.25, 0.3) is 5.91 Å². The van der Waals surface area contributed by atoms with Crippen LogP contribution in [0.25, 0.3) is 0 Å². The molecule has 4 aliphatic rings. The first-order valence-electron chi connectivity index (χ1n) is 10.00. The first-order chi connectivity index (χ1) is 12.5. The number of hydrogen-bond acceptors (Lipinski definition) is 3. The minimum absolute atomic E-state index is 0.0347. The molecule has 4 aliphatic carbocycles. The van der Waals surface area contributed by atoms with E-state index in [1.807, 2.05) is 37.3 Å². The summed E-state index contributed by atoms with van der Waals surface area (Å²) in [5, 5.41) is 0. The molecule has 4 saturated carbocycles. The molecule has 0 heterocycles. The molecule has 0 radical (unpaired) electrons. The number of likely N-dealkylation sites (N-methyl/N-ethyl adjacent to an activating group) is 1. The third-order valence-corrected chi connectivity index (χ3v) is 7.09. The Morgan fingerprint density at radius 1 is 1.04 bits per heavy atom. The molecule has 0 saturated heterocycles. The van der Waals surface area contributed by atoms with Crippen molar-refractivity contribution in [2.75, 3.05) is 13.7 Å². The maximum Gasteiger partial charge on any atom is 0.310 e. The van der Waals surface area contributed by atoms with Gasteiger partial charge in [0.2, 0.25) is 0 Å². The number of carbonyl (C=O) groups excluding carboxylic acids is 2. The van der Waals surface area contributed by atoms with Gasteiger partial charge in [0, 0.05) is 7.05 Å². The van der Waals surface area contributed by atoms with Gasteiger partial charge in [-0.1, -0.05) is 30.3 Å². The van der Waals surface area contributed by atoms with Crippen molar-refractivity contribution < 1.29 is 14.3 Å². The van der Waals surface area contributed by atoms with Crippen LogP contribution in [0.4, 0.5) is 0 Å². The quantitative estimate of drug-likeness (QED) is 0.754. The molecule has 5 rings (SSSR count). The number of esters is 1. The van der Waals surface area contributed by atoms with Gasteiger partial charge in [0.15, 0.2) is 6.61 Å². The van der Waals surface area contributed by atoms with Crippen LogP contribution in [0.2, 0.25) is 0 Å². The Balaban J connectivity index is 1.32. The Hall–Kier alpha value is -1.84. The molecule has 1 atom stereocenters. The smallest absolute Gasteiger partial charge is 0.310 e. The molecule has 0 aromatic heterocycles. The highest BCUT2D eigenvalue weighted by Crippen LogP contribution is 2.56. The molecule has 0 aliphatic heterocycles. The minimum Gasteiger partial charge on any atom is -0.455 e. The van der Waals surface area contributed by atoms with E-state index in [1.54, 1.807) is 11.9 Å². The molecule has 0 spiro atoms. The van der Waals surface area contributed by atoms with Gasteiger partial charge >= 0.3 is 5.97 Å². The van der Waals surface area contributed by atoms with E-state index in [9.17, 15) is 9.59 Å². The zero-order valence-corrected chi connectivity index (χ0v) is 15.8. The molecule has 1 amide bonds. The fourth-order valence-electron chi connectivity index (χ4n) is 5.81. The summed E-state index contributed by atoms with van der Waals surface area (Å²) in [5.74, 6) is 2.42. The number of hydrogen-bond donors (Lipinski definition) is 0. The van der Waals surface area contributed by atoms with Crippen LogP contribution in [0.3, 0.4) is 0 Å².